The van der Waals surface area contributed by atoms with Crippen LogP contribution in [-0.4, -0.2) is 36.9 Å². The summed E-state index contributed by atoms with van der Waals surface area (Å²) in [4.78, 5) is 48.2. The van der Waals surface area contributed by atoms with Crippen LogP contribution in [0.1, 0.15) is 30.5 Å². The number of alkyl carbamates (subject to hydrolysis) is 1. The quantitative estimate of drug-likeness (QED) is 0.458. The smallest absolute Gasteiger partial charge is 0.408 e. The molecule has 0 saturated heterocycles. The summed E-state index contributed by atoms with van der Waals surface area (Å²) in [6, 6.07) is 15.4. The summed E-state index contributed by atoms with van der Waals surface area (Å²) in [7, 11) is 0. The average molecular weight is 412 g/mol. The largest absolute Gasteiger partial charge is 0.466 e. The van der Waals surface area contributed by atoms with Gasteiger partial charge in [-0.25, -0.2) is 4.79 Å². The van der Waals surface area contributed by atoms with Gasteiger partial charge in [0.15, 0.2) is 0 Å². The lowest BCUT2D eigenvalue weighted by Gasteiger charge is -2.20. The molecule has 2 aromatic rings. The Bertz CT molecular complexity index is 841. The van der Waals surface area contributed by atoms with Crippen molar-refractivity contribution >= 4 is 24.3 Å². The van der Waals surface area contributed by atoms with Crippen LogP contribution < -0.4 is 10.6 Å². The first-order valence-electron chi connectivity index (χ1n) is 9.47. The van der Waals surface area contributed by atoms with Gasteiger partial charge in [0.25, 0.3) is 0 Å². The van der Waals surface area contributed by atoms with Crippen LogP contribution in [-0.2, 0) is 30.5 Å². The van der Waals surface area contributed by atoms with E-state index in [0.717, 1.165) is 5.56 Å². The number of rotatable bonds is 10. The van der Waals surface area contributed by atoms with Crippen molar-refractivity contribution in [2.45, 2.75) is 32.0 Å². The van der Waals surface area contributed by atoms with Gasteiger partial charge in [-0.2, -0.15) is 0 Å². The molecule has 2 atom stereocenters. The Balaban J connectivity index is 2.03. The lowest BCUT2D eigenvalue weighted by molar-refractivity contribution is -0.145. The lowest BCUT2D eigenvalue weighted by atomic mass is 10.1. The number of hydrogen-bond donors (Lipinski definition) is 2. The Labute approximate surface area is 174 Å². The van der Waals surface area contributed by atoms with E-state index in [1.165, 1.54) is 0 Å². The van der Waals surface area contributed by atoms with Crippen LogP contribution in [0.5, 0.6) is 0 Å². The van der Waals surface area contributed by atoms with Crippen molar-refractivity contribution in [3.8, 4) is 0 Å². The van der Waals surface area contributed by atoms with Gasteiger partial charge in [-0.3, -0.25) is 9.59 Å². The van der Waals surface area contributed by atoms with Crippen LogP contribution in [0.25, 0.3) is 0 Å². The summed E-state index contributed by atoms with van der Waals surface area (Å²) < 4.78 is 9.98. The van der Waals surface area contributed by atoms with Crippen LogP contribution in [0.3, 0.4) is 0 Å². The van der Waals surface area contributed by atoms with Gasteiger partial charge in [-0.05, 0) is 18.1 Å². The molecule has 30 heavy (non-hydrogen) atoms. The summed E-state index contributed by atoms with van der Waals surface area (Å²) in [5.41, 5.74) is 1.34. The minimum absolute atomic E-state index is 0.00139. The monoisotopic (exact) mass is 412 g/mol. The normalized spacial score (nSPS) is 12.2. The highest BCUT2D eigenvalue weighted by atomic mass is 16.5. The Morgan fingerprint density at radius 1 is 0.933 bits per heavy atom. The van der Waals surface area contributed by atoms with Gasteiger partial charge in [0.2, 0.25) is 5.91 Å². The highest BCUT2D eigenvalue weighted by Crippen LogP contribution is 2.11. The number of carbonyl (C=O) groups excluding carboxylic acids is 4. The zero-order chi connectivity index (χ0) is 21.8. The predicted molar refractivity (Wildman–Crippen MR) is 108 cm³/mol. The Hall–Kier alpha value is -3.68. The van der Waals surface area contributed by atoms with Gasteiger partial charge < -0.3 is 24.9 Å². The minimum Gasteiger partial charge on any atom is -0.466 e. The van der Waals surface area contributed by atoms with Crippen LogP contribution in [0.15, 0.2) is 60.7 Å². The maximum absolute atomic E-state index is 12.7. The molecular weight excluding hydrogens is 388 g/mol. The zero-order valence-corrected chi connectivity index (χ0v) is 16.6. The maximum atomic E-state index is 12.7. The fourth-order valence-electron chi connectivity index (χ4n) is 2.61. The maximum Gasteiger partial charge on any atom is 0.408 e. The molecule has 0 radical (unpaired) electrons. The molecule has 0 saturated carbocycles. The van der Waals surface area contributed by atoms with E-state index in [4.69, 9.17) is 9.47 Å². The second kappa shape index (κ2) is 12.0. The molecule has 0 fully saturated rings. The van der Waals surface area contributed by atoms with E-state index in [1.807, 2.05) is 6.07 Å². The molecule has 8 nitrogen and oxygen atoms in total. The molecule has 0 heterocycles. The van der Waals surface area contributed by atoms with Gasteiger partial charge in [0.05, 0.1) is 13.0 Å². The highest BCUT2D eigenvalue weighted by Gasteiger charge is 2.27. The Morgan fingerprint density at radius 2 is 1.57 bits per heavy atom. The van der Waals surface area contributed by atoms with E-state index in [-0.39, 0.29) is 13.2 Å². The van der Waals surface area contributed by atoms with E-state index in [1.54, 1.807) is 61.5 Å². The number of benzene rings is 2. The number of esters is 1. The molecule has 2 rings (SSSR count). The SMILES string of the molecule is CCOC(=O)C[C@H](NC(=O)OCc1ccccc1)C(=O)N[C@@H](C=O)c1ccccc1. The molecule has 0 unspecified atom stereocenters. The van der Waals surface area contributed by atoms with E-state index < -0.39 is 36.5 Å². The molecule has 2 N–H and O–H groups in total. The third-order valence-electron chi connectivity index (χ3n) is 4.09. The van der Waals surface area contributed by atoms with Crippen molar-refractivity contribution < 1.29 is 28.7 Å². The average Bonchev–Trinajstić information content (AvgIpc) is 2.77. The summed E-state index contributed by atoms with van der Waals surface area (Å²) in [5.74, 6) is -1.37. The lowest BCUT2D eigenvalue weighted by Crippen LogP contribution is -2.49. The molecule has 0 aliphatic carbocycles. The van der Waals surface area contributed by atoms with Crippen LogP contribution in [0.4, 0.5) is 4.79 Å². The molecule has 2 amide bonds. The molecule has 158 valence electrons. The number of ether oxygens (including phenoxy) is 2. The number of aldehydes is 1. The highest BCUT2D eigenvalue weighted by molar-refractivity contribution is 5.91. The molecule has 0 spiro atoms. The first-order valence-corrected chi connectivity index (χ1v) is 9.47. The number of carbonyl (C=O) groups is 4. The van der Waals surface area contributed by atoms with Gasteiger partial charge in [0, 0.05) is 0 Å². The van der Waals surface area contributed by atoms with Crippen molar-refractivity contribution in [1.82, 2.24) is 10.6 Å². The van der Waals surface area contributed by atoms with Crippen molar-refractivity contribution in [3.63, 3.8) is 0 Å². The van der Waals surface area contributed by atoms with Crippen molar-refractivity contribution in [1.29, 1.82) is 0 Å². The number of hydrogen-bond acceptors (Lipinski definition) is 6. The van der Waals surface area contributed by atoms with Gasteiger partial charge in [-0.15, -0.1) is 0 Å². The summed E-state index contributed by atoms with van der Waals surface area (Å²) >= 11 is 0. The van der Waals surface area contributed by atoms with Crippen LogP contribution in [0, 0.1) is 0 Å². The van der Waals surface area contributed by atoms with Gasteiger partial charge in [0.1, 0.15) is 25.0 Å². The van der Waals surface area contributed by atoms with Crippen molar-refractivity contribution in [2.75, 3.05) is 6.61 Å². The summed E-state index contributed by atoms with van der Waals surface area (Å²) in [5, 5.41) is 4.89. The second-order valence-corrected chi connectivity index (χ2v) is 6.30. The van der Waals surface area contributed by atoms with Crippen LogP contribution >= 0.6 is 0 Å². The number of nitrogens with one attached hydrogen (secondary N) is 2. The van der Waals surface area contributed by atoms with Gasteiger partial charge in [-0.1, -0.05) is 60.7 Å². The van der Waals surface area contributed by atoms with Crippen molar-refractivity contribution in [2.24, 2.45) is 0 Å². The molecule has 0 aliphatic heterocycles. The topological polar surface area (TPSA) is 111 Å². The fourth-order valence-corrected chi connectivity index (χ4v) is 2.61. The summed E-state index contributed by atoms with van der Waals surface area (Å²) in [6.45, 7) is 1.76. The van der Waals surface area contributed by atoms with Gasteiger partial charge >= 0.3 is 12.1 Å². The second-order valence-electron chi connectivity index (χ2n) is 6.30. The molecule has 2 aromatic carbocycles. The standard InChI is InChI=1S/C22H24N2O6/c1-2-29-20(26)13-18(24-22(28)30-15-16-9-5-3-6-10-16)21(27)23-19(14-25)17-11-7-4-8-12-17/h3-12,14,18-19H,2,13,15H2,1H3,(H,23,27)(H,24,28)/t18-,19-/m0/s1. The third kappa shape index (κ3) is 7.38. The van der Waals surface area contributed by atoms with Crippen molar-refractivity contribution in [3.05, 3.63) is 71.8 Å². The molecule has 8 heteroatoms. The number of amides is 2. The molecule has 0 aromatic heterocycles. The zero-order valence-electron chi connectivity index (χ0n) is 16.6. The predicted octanol–water partition coefficient (Wildman–Crippen LogP) is 2.29. The molecular formula is C22H24N2O6. The summed E-state index contributed by atoms with van der Waals surface area (Å²) in [6.07, 6.45) is -0.700. The van der Waals surface area contributed by atoms with E-state index in [2.05, 4.69) is 10.6 Å². The Kier molecular flexibility index (Phi) is 9.05. The minimum atomic E-state index is -1.27. The molecule has 0 bridgehead atoms. The third-order valence-corrected chi connectivity index (χ3v) is 4.09. The van der Waals surface area contributed by atoms with E-state index in [0.29, 0.717) is 11.8 Å². The fraction of sp³-hybridized carbons (Fsp3) is 0.273. The van der Waals surface area contributed by atoms with Crippen LogP contribution in [0.2, 0.25) is 0 Å². The molecule has 0 aliphatic rings. The Morgan fingerprint density at radius 3 is 2.17 bits per heavy atom. The first-order chi connectivity index (χ1) is 14.5. The first kappa shape index (κ1) is 22.6. The van der Waals surface area contributed by atoms with E-state index >= 15 is 0 Å². The van der Waals surface area contributed by atoms with E-state index in [9.17, 15) is 19.2 Å².